The highest BCUT2D eigenvalue weighted by atomic mass is 32.2. The van der Waals surface area contributed by atoms with Gasteiger partial charge in [-0.1, -0.05) is 25.1 Å². The van der Waals surface area contributed by atoms with Crippen LogP contribution in [0.1, 0.15) is 43.5 Å². The van der Waals surface area contributed by atoms with E-state index in [1.807, 2.05) is 13.8 Å². The Morgan fingerprint density at radius 2 is 2.10 bits per heavy atom. The van der Waals surface area contributed by atoms with Crippen LogP contribution in [0, 0.1) is 13.8 Å². The van der Waals surface area contributed by atoms with Gasteiger partial charge in [-0.05, 0) is 20.3 Å². The van der Waals surface area contributed by atoms with E-state index in [9.17, 15) is 8.78 Å². The van der Waals surface area contributed by atoms with Gasteiger partial charge in [0.2, 0.25) is 0 Å². The van der Waals surface area contributed by atoms with Gasteiger partial charge >= 0.3 is 6.55 Å². The average Bonchev–Trinajstić information content (AvgIpc) is 3.01. The van der Waals surface area contributed by atoms with Crippen LogP contribution in [0.4, 0.5) is 8.78 Å². The standard InChI is InChI=1S/C14H20F2N4S/c1-4-5-7-19-11(3)10(2)18-14(19)21-9-12-17-6-8-20(12)13(15)16/h6,8,13H,4-5,7,9H2,1-3H3. The van der Waals surface area contributed by atoms with Crippen molar-refractivity contribution in [3.63, 3.8) is 0 Å². The minimum Gasteiger partial charge on any atom is -0.323 e. The third-order valence-corrected chi connectivity index (χ3v) is 4.42. The van der Waals surface area contributed by atoms with E-state index >= 15 is 0 Å². The Kier molecular flexibility index (Phi) is 5.39. The summed E-state index contributed by atoms with van der Waals surface area (Å²) in [6.07, 6.45) is 4.90. The lowest BCUT2D eigenvalue weighted by atomic mass is 10.3. The summed E-state index contributed by atoms with van der Waals surface area (Å²) < 4.78 is 28.6. The number of thioether (sulfide) groups is 1. The molecule has 0 spiro atoms. The molecule has 116 valence electrons. The summed E-state index contributed by atoms with van der Waals surface area (Å²) in [5, 5.41) is 0.877. The average molecular weight is 314 g/mol. The number of hydrogen-bond acceptors (Lipinski definition) is 3. The molecule has 2 aromatic heterocycles. The normalized spacial score (nSPS) is 11.5. The van der Waals surface area contributed by atoms with E-state index in [2.05, 4.69) is 21.5 Å². The fraction of sp³-hybridized carbons (Fsp3) is 0.571. The molecule has 7 heteroatoms. The first-order chi connectivity index (χ1) is 10.0. The second-order valence-corrected chi connectivity index (χ2v) is 5.83. The van der Waals surface area contributed by atoms with E-state index < -0.39 is 6.55 Å². The Hall–Kier alpha value is -1.37. The van der Waals surface area contributed by atoms with Crippen LogP contribution < -0.4 is 0 Å². The monoisotopic (exact) mass is 314 g/mol. The Morgan fingerprint density at radius 3 is 2.76 bits per heavy atom. The van der Waals surface area contributed by atoms with Gasteiger partial charge in [0.25, 0.3) is 0 Å². The van der Waals surface area contributed by atoms with Gasteiger partial charge in [-0.2, -0.15) is 8.78 Å². The number of hydrogen-bond donors (Lipinski definition) is 0. The fourth-order valence-corrected chi connectivity index (χ4v) is 3.14. The van der Waals surface area contributed by atoms with Gasteiger partial charge in [0.1, 0.15) is 5.82 Å². The summed E-state index contributed by atoms with van der Waals surface area (Å²) in [4.78, 5) is 8.54. The molecule has 0 aliphatic heterocycles. The molecule has 0 N–H and O–H groups in total. The molecule has 0 saturated carbocycles. The number of nitrogens with zero attached hydrogens (tertiary/aromatic N) is 4. The van der Waals surface area contributed by atoms with E-state index in [4.69, 9.17) is 0 Å². The summed E-state index contributed by atoms with van der Waals surface area (Å²) >= 11 is 1.46. The highest BCUT2D eigenvalue weighted by molar-refractivity contribution is 7.98. The maximum Gasteiger partial charge on any atom is 0.319 e. The molecule has 4 nitrogen and oxygen atoms in total. The summed E-state index contributed by atoms with van der Waals surface area (Å²) in [5.41, 5.74) is 2.13. The van der Waals surface area contributed by atoms with Gasteiger partial charge in [0.15, 0.2) is 5.16 Å². The lowest BCUT2D eigenvalue weighted by Crippen LogP contribution is -2.04. The van der Waals surface area contributed by atoms with Crippen LogP contribution in [0.5, 0.6) is 0 Å². The lowest BCUT2D eigenvalue weighted by molar-refractivity contribution is 0.0678. The molecule has 2 aromatic rings. The maximum absolute atomic E-state index is 12.8. The smallest absolute Gasteiger partial charge is 0.319 e. The Balaban J connectivity index is 2.12. The van der Waals surface area contributed by atoms with Crippen molar-refractivity contribution in [2.75, 3.05) is 0 Å². The van der Waals surface area contributed by atoms with E-state index in [-0.39, 0.29) is 0 Å². The van der Waals surface area contributed by atoms with E-state index in [1.54, 1.807) is 0 Å². The Labute approximate surface area is 127 Å². The zero-order valence-corrected chi connectivity index (χ0v) is 13.3. The third kappa shape index (κ3) is 3.64. The second kappa shape index (κ2) is 7.06. The number of aryl methyl sites for hydroxylation is 1. The highest BCUT2D eigenvalue weighted by Crippen LogP contribution is 2.26. The summed E-state index contributed by atoms with van der Waals surface area (Å²) in [6.45, 7) is 4.52. The largest absolute Gasteiger partial charge is 0.323 e. The van der Waals surface area contributed by atoms with Crippen molar-refractivity contribution >= 4 is 11.8 Å². The van der Waals surface area contributed by atoms with Gasteiger partial charge in [-0.15, -0.1) is 0 Å². The molecular weight excluding hydrogens is 294 g/mol. The minimum atomic E-state index is -2.55. The molecule has 2 heterocycles. The number of unbranched alkanes of at least 4 members (excludes halogenated alkanes) is 1. The van der Waals surface area contributed by atoms with Crippen molar-refractivity contribution in [3.05, 3.63) is 29.6 Å². The number of alkyl halides is 2. The third-order valence-electron chi connectivity index (χ3n) is 3.45. The van der Waals surface area contributed by atoms with E-state index in [1.165, 1.54) is 24.2 Å². The van der Waals surface area contributed by atoms with Gasteiger partial charge < -0.3 is 4.57 Å². The van der Waals surface area contributed by atoms with Crippen LogP contribution in [-0.4, -0.2) is 19.1 Å². The number of imidazole rings is 2. The molecule has 0 amide bonds. The van der Waals surface area contributed by atoms with Crippen LogP contribution in [0.3, 0.4) is 0 Å². The van der Waals surface area contributed by atoms with Crippen molar-refractivity contribution in [3.8, 4) is 0 Å². The van der Waals surface area contributed by atoms with E-state index in [0.29, 0.717) is 11.6 Å². The minimum absolute atomic E-state index is 0.371. The Morgan fingerprint density at radius 1 is 1.33 bits per heavy atom. The predicted molar refractivity (Wildman–Crippen MR) is 79.7 cm³/mol. The lowest BCUT2D eigenvalue weighted by Gasteiger charge is -2.09. The van der Waals surface area contributed by atoms with Crippen molar-refractivity contribution in [2.45, 2.75) is 57.6 Å². The molecule has 0 unspecified atom stereocenters. The van der Waals surface area contributed by atoms with E-state index in [0.717, 1.165) is 40.5 Å². The fourth-order valence-electron chi connectivity index (χ4n) is 2.08. The molecule has 0 aliphatic carbocycles. The number of aromatic nitrogens is 4. The van der Waals surface area contributed by atoms with Gasteiger partial charge in [0, 0.05) is 24.6 Å². The van der Waals surface area contributed by atoms with Crippen LogP contribution in [0.2, 0.25) is 0 Å². The Bertz CT molecular complexity index is 592. The molecule has 0 aromatic carbocycles. The first-order valence-electron chi connectivity index (χ1n) is 7.01. The van der Waals surface area contributed by atoms with Gasteiger partial charge in [0.05, 0.1) is 11.4 Å². The predicted octanol–water partition coefficient (Wildman–Crippen LogP) is 4.18. The van der Waals surface area contributed by atoms with Crippen molar-refractivity contribution < 1.29 is 8.78 Å². The zero-order valence-electron chi connectivity index (χ0n) is 12.5. The first kappa shape index (κ1) is 16.0. The first-order valence-corrected chi connectivity index (χ1v) is 7.99. The van der Waals surface area contributed by atoms with Crippen LogP contribution >= 0.6 is 11.8 Å². The zero-order chi connectivity index (χ0) is 15.4. The molecule has 0 bridgehead atoms. The molecule has 0 saturated heterocycles. The molecular formula is C14H20F2N4S. The van der Waals surface area contributed by atoms with Crippen LogP contribution in [-0.2, 0) is 12.3 Å². The van der Waals surface area contributed by atoms with Gasteiger partial charge in [-0.25, -0.2) is 9.97 Å². The molecule has 0 radical (unpaired) electrons. The van der Waals surface area contributed by atoms with Crippen LogP contribution in [0.15, 0.2) is 17.6 Å². The molecule has 2 rings (SSSR count). The topological polar surface area (TPSA) is 35.6 Å². The molecule has 21 heavy (non-hydrogen) atoms. The van der Waals surface area contributed by atoms with Crippen molar-refractivity contribution in [1.82, 2.24) is 19.1 Å². The molecule has 0 fully saturated rings. The molecule has 0 atom stereocenters. The summed E-state index contributed by atoms with van der Waals surface area (Å²) in [6, 6.07) is 0. The molecule has 0 aliphatic rings. The summed E-state index contributed by atoms with van der Waals surface area (Å²) in [5.74, 6) is 0.759. The SMILES string of the molecule is CCCCn1c(SCc2nccn2C(F)F)nc(C)c1C. The quantitative estimate of drug-likeness (QED) is 0.719. The summed E-state index contributed by atoms with van der Waals surface area (Å²) in [7, 11) is 0. The maximum atomic E-state index is 12.8. The highest BCUT2D eigenvalue weighted by Gasteiger charge is 2.15. The van der Waals surface area contributed by atoms with Gasteiger partial charge in [-0.3, -0.25) is 4.57 Å². The van der Waals surface area contributed by atoms with Crippen molar-refractivity contribution in [1.29, 1.82) is 0 Å². The second-order valence-electron chi connectivity index (χ2n) is 4.89. The number of rotatable bonds is 7. The van der Waals surface area contributed by atoms with Crippen LogP contribution in [0.25, 0.3) is 0 Å². The van der Waals surface area contributed by atoms with Crippen molar-refractivity contribution in [2.24, 2.45) is 0 Å². The number of halogens is 2.